The second kappa shape index (κ2) is 6.79. The van der Waals surface area contributed by atoms with E-state index in [0.717, 1.165) is 13.1 Å². The number of rotatable bonds is 6. The van der Waals surface area contributed by atoms with Gasteiger partial charge in [0.05, 0.1) is 0 Å². The molecule has 1 atom stereocenters. The fourth-order valence-electron chi connectivity index (χ4n) is 1.21. The van der Waals surface area contributed by atoms with Crippen LogP contribution in [0.5, 0.6) is 0 Å². The Kier molecular flexibility index (Phi) is 6.49. The van der Waals surface area contributed by atoms with E-state index in [9.17, 15) is 4.79 Å². The van der Waals surface area contributed by atoms with E-state index in [1.807, 2.05) is 7.05 Å². The summed E-state index contributed by atoms with van der Waals surface area (Å²) in [5.74, 6) is 0.673. The van der Waals surface area contributed by atoms with Crippen LogP contribution in [0.3, 0.4) is 0 Å². The molecule has 0 saturated heterocycles. The normalized spacial score (nSPS) is 13.0. The monoisotopic (exact) mass is 201 g/mol. The highest BCUT2D eigenvalue weighted by Crippen LogP contribution is 1.97. The molecule has 0 aromatic heterocycles. The van der Waals surface area contributed by atoms with Gasteiger partial charge in [0.15, 0.2) is 0 Å². The lowest BCUT2D eigenvalue weighted by Gasteiger charge is -2.20. The van der Waals surface area contributed by atoms with Gasteiger partial charge >= 0.3 is 0 Å². The van der Waals surface area contributed by atoms with E-state index in [1.165, 1.54) is 0 Å². The minimum absolute atomic E-state index is 0.178. The van der Waals surface area contributed by atoms with Crippen LogP contribution in [0.1, 0.15) is 13.3 Å². The van der Waals surface area contributed by atoms with Crippen LogP contribution in [0.15, 0.2) is 0 Å². The van der Waals surface area contributed by atoms with Gasteiger partial charge < -0.3 is 15.5 Å². The lowest BCUT2D eigenvalue weighted by Crippen LogP contribution is -2.32. The zero-order chi connectivity index (χ0) is 11.1. The van der Waals surface area contributed by atoms with E-state index in [-0.39, 0.29) is 5.91 Å². The van der Waals surface area contributed by atoms with E-state index in [2.05, 4.69) is 11.8 Å². The third-order valence-corrected chi connectivity index (χ3v) is 2.23. The van der Waals surface area contributed by atoms with Crippen molar-refractivity contribution in [1.29, 1.82) is 0 Å². The molecule has 2 N–H and O–H groups in total. The first kappa shape index (κ1) is 13.4. The summed E-state index contributed by atoms with van der Waals surface area (Å²) in [6.07, 6.45) is 0.584. The van der Waals surface area contributed by atoms with E-state index < -0.39 is 0 Å². The van der Waals surface area contributed by atoms with Gasteiger partial charge in [-0.15, -0.1) is 0 Å². The van der Waals surface area contributed by atoms with Crippen molar-refractivity contribution in [2.75, 3.05) is 40.8 Å². The van der Waals surface area contributed by atoms with Crippen LogP contribution in [0.2, 0.25) is 0 Å². The number of hydrogen-bond acceptors (Lipinski definition) is 3. The molecule has 0 saturated carbocycles. The number of hydrogen-bond donors (Lipinski definition) is 1. The first-order chi connectivity index (χ1) is 6.47. The smallest absolute Gasteiger partial charge is 0.223 e. The number of carbonyl (C=O) groups is 1. The summed E-state index contributed by atoms with van der Waals surface area (Å²) < 4.78 is 0. The molecule has 0 spiro atoms. The van der Waals surface area contributed by atoms with Gasteiger partial charge in [0.2, 0.25) is 5.91 Å². The Morgan fingerprint density at radius 1 is 1.36 bits per heavy atom. The Hall–Kier alpha value is -0.610. The lowest BCUT2D eigenvalue weighted by molar-refractivity contribution is -0.129. The predicted molar refractivity (Wildman–Crippen MR) is 59.0 cm³/mol. The number of amides is 1. The first-order valence-electron chi connectivity index (χ1n) is 5.06. The maximum Gasteiger partial charge on any atom is 0.223 e. The third-order valence-electron chi connectivity index (χ3n) is 2.23. The SMILES string of the molecule is CC(CN)CN(C)CCC(=O)N(C)C. The van der Waals surface area contributed by atoms with Crippen LogP contribution >= 0.6 is 0 Å². The second-order valence-corrected chi connectivity index (χ2v) is 4.14. The average Bonchev–Trinajstić information content (AvgIpc) is 2.13. The highest BCUT2D eigenvalue weighted by molar-refractivity contribution is 5.75. The Bertz CT molecular complexity index is 171. The number of nitrogens with two attached hydrogens (primary N) is 1. The molecule has 0 aromatic rings. The van der Waals surface area contributed by atoms with E-state index in [4.69, 9.17) is 5.73 Å². The minimum Gasteiger partial charge on any atom is -0.349 e. The number of nitrogens with zero attached hydrogens (tertiary/aromatic N) is 2. The van der Waals surface area contributed by atoms with Crippen molar-refractivity contribution in [1.82, 2.24) is 9.80 Å². The van der Waals surface area contributed by atoms with Crippen molar-refractivity contribution in [3.05, 3.63) is 0 Å². The Morgan fingerprint density at radius 2 is 1.93 bits per heavy atom. The molecule has 14 heavy (non-hydrogen) atoms. The molecule has 4 heteroatoms. The fourth-order valence-corrected chi connectivity index (χ4v) is 1.21. The summed E-state index contributed by atoms with van der Waals surface area (Å²) >= 11 is 0. The van der Waals surface area contributed by atoms with Crippen molar-refractivity contribution in [3.63, 3.8) is 0 Å². The van der Waals surface area contributed by atoms with Gasteiger partial charge in [0.25, 0.3) is 0 Å². The van der Waals surface area contributed by atoms with Gasteiger partial charge in [-0.05, 0) is 19.5 Å². The molecule has 0 aliphatic rings. The van der Waals surface area contributed by atoms with Gasteiger partial charge in [-0.3, -0.25) is 4.79 Å². The van der Waals surface area contributed by atoms with E-state index >= 15 is 0 Å². The van der Waals surface area contributed by atoms with Crippen LogP contribution in [0.25, 0.3) is 0 Å². The van der Waals surface area contributed by atoms with Crippen molar-refractivity contribution in [2.24, 2.45) is 11.7 Å². The minimum atomic E-state index is 0.178. The largest absolute Gasteiger partial charge is 0.349 e. The molecule has 0 aliphatic carbocycles. The molecule has 0 bridgehead atoms. The molecule has 1 unspecified atom stereocenters. The maximum absolute atomic E-state index is 11.3. The van der Waals surface area contributed by atoms with Crippen molar-refractivity contribution < 1.29 is 4.79 Å². The van der Waals surface area contributed by atoms with Crippen LogP contribution in [-0.2, 0) is 4.79 Å². The summed E-state index contributed by atoms with van der Waals surface area (Å²) in [5.41, 5.74) is 5.52. The molecule has 4 nitrogen and oxygen atoms in total. The summed E-state index contributed by atoms with van der Waals surface area (Å²) in [6.45, 7) is 4.58. The molecule has 84 valence electrons. The van der Waals surface area contributed by atoms with Gasteiger partial charge in [-0.25, -0.2) is 0 Å². The first-order valence-corrected chi connectivity index (χ1v) is 5.06. The molecule has 0 radical (unpaired) electrons. The predicted octanol–water partition coefficient (Wildman–Crippen LogP) is -0.00870. The molecule has 0 heterocycles. The Balaban J connectivity index is 3.63. The fraction of sp³-hybridized carbons (Fsp3) is 0.900. The Morgan fingerprint density at radius 3 is 2.36 bits per heavy atom. The van der Waals surface area contributed by atoms with Crippen LogP contribution < -0.4 is 5.73 Å². The van der Waals surface area contributed by atoms with Crippen molar-refractivity contribution in [2.45, 2.75) is 13.3 Å². The summed E-state index contributed by atoms with van der Waals surface area (Å²) in [5, 5.41) is 0. The van der Waals surface area contributed by atoms with Crippen LogP contribution in [0.4, 0.5) is 0 Å². The topological polar surface area (TPSA) is 49.6 Å². The van der Waals surface area contributed by atoms with Crippen molar-refractivity contribution in [3.8, 4) is 0 Å². The molecule has 1 amide bonds. The molecule has 0 aliphatic heterocycles. The van der Waals surface area contributed by atoms with E-state index in [1.54, 1.807) is 19.0 Å². The van der Waals surface area contributed by atoms with Gasteiger partial charge in [0.1, 0.15) is 0 Å². The summed E-state index contributed by atoms with van der Waals surface area (Å²) in [6, 6.07) is 0. The van der Waals surface area contributed by atoms with E-state index in [0.29, 0.717) is 18.9 Å². The summed E-state index contributed by atoms with van der Waals surface area (Å²) in [4.78, 5) is 15.1. The molecule has 0 rings (SSSR count). The van der Waals surface area contributed by atoms with Crippen LogP contribution in [0, 0.1) is 5.92 Å². The third kappa shape index (κ3) is 5.94. The zero-order valence-corrected chi connectivity index (χ0v) is 9.79. The van der Waals surface area contributed by atoms with Gasteiger partial charge in [-0.1, -0.05) is 6.92 Å². The average molecular weight is 201 g/mol. The quantitative estimate of drug-likeness (QED) is 0.657. The molecular formula is C10H23N3O. The van der Waals surface area contributed by atoms with Crippen molar-refractivity contribution >= 4 is 5.91 Å². The molecule has 0 fully saturated rings. The molecule has 0 aromatic carbocycles. The standard InChI is InChI=1S/C10H23N3O/c1-9(7-11)8-13(4)6-5-10(14)12(2)3/h9H,5-8,11H2,1-4H3. The van der Waals surface area contributed by atoms with Gasteiger partial charge in [0, 0.05) is 33.6 Å². The highest BCUT2D eigenvalue weighted by atomic mass is 16.2. The Labute approximate surface area is 87.0 Å². The number of carbonyl (C=O) groups excluding carboxylic acids is 1. The summed E-state index contributed by atoms with van der Waals surface area (Å²) in [7, 11) is 5.59. The zero-order valence-electron chi connectivity index (χ0n) is 9.79. The van der Waals surface area contributed by atoms with Crippen LogP contribution in [-0.4, -0.2) is 56.5 Å². The molecular weight excluding hydrogens is 178 g/mol. The highest BCUT2D eigenvalue weighted by Gasteiger charge is 2.08. The van der Waals surface area contributed by atoms with Gasteiger partial charge in [-0.2, -0.15) is 0 Å². The lowest BCUT2D eigenvalue weighted by atomic mass is 10.2. The second-order valence-electron chi connectivity index (χ2n) is 4.14. The maximum atomic E-state index is 11.3.